The van der Waals surface area contributed by atoms with E-state index >= 15 is 0 Å². The van der Waals surface area contributed by atoms with Crippen molar-refractivity contribution in [2.75, 3.05) is 26.7 Å². The molecule has 12 heavy (non-hydrogen) atoms. The van der Waals surface area contributed by atoms with E-state index in [9.17, 15) is 5.11 Å². The molecule has 1 aliphatic rings. The number of hydrogen-bond donors (Lipinski definition) is 2. The van der Waals surface area contributed by atoms with Crippen LogP contribution in [0, 0.1) is 0 Å². The number of likely N-dealkylation sites (N-methyl/N-ethyl adjacent to an activating group) is 1. The number of nitrogens with one attached hydrogen (secondary N) is 1. The maximum atomic E-state index is 9.24. The first-order chi connectivity index (χ1) is 5.72. The lowest BCUT2D eigenvalue weighted by Crippen LogP contribution is -2.35. The van der Waals surface area contributed by atoms with Gasteiger partial charge >= 0.3 is 0 Å². The van der Waals surface area contributed by atoms with Crippen LogP contribution in [0.1, 0.15) is 6.42 Å². The lowest BCUT2D eigenvalue weighted by Gasteiger charge is -2.18. The summed E-state index contributed by atoms with van der Waals surface area (Å²) in [5.41, 5.74) is 0. The fraction of sp³-hybridized carbons (Fsp3) is 0.778. The van der Waals surface area contributed by atoms with Gasteiger partial charge in [0.2, 0.25) is 0 Å². The molecule has 1 saturated heterocycles. The van der Waals surface area contributed by atoms with Crippen LogP contribution in [0.4, 0.5) is 0 Å². The maximum Gasteiger partial charge on any atom is 0.0680 e. The molecule has 3 heteroatoms. The molecule has 0 spiro atoms. The van der Waals surface area contributed by atoms with Crippen LogP contribution in [0.25, 0.3) is 0 Å². The number of aliphatic hydroxyl groups is 1. The molecule has 0 saturated carbocycles. The van der Waals surface area contributed by atoms with Crippen LogP contribution in [0.3, 0.4) is 0 Å². The summed E-state index contributed by atoms with van der Waals surface area (Å²) in [4.78, 5) is 2.20. The maximum absolute atomic E-state index is 9.24. The molecule has 0 aromatic carbocycles. The van der Waals surface area contributed by atoms with Gasteiger partial charge in [0.25, 0.3) is 0 Å². The molecule has 1 heterocycles. The van der Waals surface area contributed by atoms with Gasteiger partial charge in [-0.2, -0.15) is 0 Å². The number of β-amino-alcohol motifs (C(OH)–C–C–N with tert-alkyl or cyclic N) is 1. The van der Waals surface area contributed by atoms with Gasteiger partial charge in [0.05, 0.1) is 6.10 Å². The Labute approximate surface area is 74.1 Å². The van der Waals surface area contributed by atoms with Crippen LogP contribution in [-0.4, -0.2) is 48.8 Å². The molecule has 0 amide bonds. The van der Waals surface area contributed by atoms with Crippen molar-refractivity contribution in [1.82, 2.24) is 10.2 Å². The second kappa shape index (κ2) is 4.60. The zero-order valence-electron chi connectivity index (χ0n) is 7.66. The third-order valence-electron chi connectivity index (χ3n) is 2.17. The second-order valence-electron chi connectivity index (χ2n) is 3.50. The van der Waals surface area contributed by atoms with Crippen molar-refractivity contribution in [3.05, 3.63) is 12.7 Å². The predicted octanol–water partition coefficient (Wildman–Crippen LogP) is -0.173. The van der Waals surface area contributed by atoms with Crippen molar-refractivity contribution >= 4 is 0 Å². The highest BCUT2D eigenvalue weighted by Gasteiger charge is 2.22. The minimum absolute atomic E-state index is 0.146. The third-order valence-corrected chi connectivity index (χ3v) is 2.17. The van der Waals surface area contributed by atoms with Crippen LogP contribution < -0.4 is 5.32 Å². The van der Waals surface area contributed by atoms with E-state index in [1.807, 2.05) is 6.08 Å². The summed E-state index contributed by atoms with van der Waals surface area (Å²) < 4.78 is 0. The van der Waals surface area contributed by atoms with E-state index in [1.165, 1.54) is 0 Å². The Morgan fingerprint density at radius 3 is 3.00 bits per heavy atom. The normalized spacial score (nSPS) is 29.6. The van der Waals surface area contributed by atoms with Gasteiger partial charge in [-0.05, 0) is 13.5 Å². The highest BCUT2D eigenvalue weighted by atomic mass is 16.3. The molecule has 1 aliphatic heterocycles. The Balaban J connectivity index is 2.18. The van der Waals surface area contributed by atoms with Gasteiger partial charge in [-0.1, -0.05) is 6.08 Å². The van der Waals surface area contributed by atoms with Crippen molar-refractivity contribution < 1.29 is 5.11 Å². The summed E-state index contributed by atoms with van der Waals surface area (Å²) in [7, 11) is 2.06. The number of hydrogen-bond acceptors (Lipinski definition) is 3. The van der Waals surface area contributed by atoms with Crippen molar-refractivity contribution in [3.63, 3.8) is 0 Å². The number of aliphatic hydroxyl groups excluding tert-OH is 1. The topological polar surface area (TPSA) is 35.5 Å². The molecule has 0 bridgehead atoms. The molecule has 0 aromatic heterocycles. The summed E-state index contributed by atoms with van der Waals surface area (Å²) in [6.07, 6.45) is 2.62. The Bertz CT molecular complexity index is 149. The van der Waals surface area contributed by atoms with Gasteiger partial charge in [0, 0.05) is 25.7 Å². The molecule has 0 radical (unpaired) electrons. The van der Waals surface area contributed by atoms with E-state index in [4.69, 9.17) is 0 Å². The zero-order valence-corrected chi connectivity index (χ0v) is 7.66. The second-order valence-corrected chi connectivity index (χ2v) is 3.50. The minimum Gasteiger partial charge on any atom is -0.392 e. The van der Waals surface area contributed by atoms with Crippen molar-refractivity contribution in [3.8, 4) is 0 Å². The van der Waals surface area contributed by atoms with Gasteiger partial charge < -0.3 is 15.3 Å². The van der Waals surface area contributed by atoms with Gasteiger partial charge in [0.1, 0.15) is 0 Å². The highest BCUT2D eigenvalue weighted by Crippen LogP contribution is 2.06. The number of rotatable bonds is 4. The minimum atomic E-state index is -0.146. The molecule has 2 unspecified atom stereocenters. The van der Waals surface area contributed by atoms with Crippen molar-refractivity contribution in [2.24, 2.45) is 0 Å². The average molecular weight is 170 g/mol. The van der Waals surface area contributed by atoms with E-state index in [1.54, 1.807) is 0 Å². The van der Waals surface area contributed by atoms with E-state index in [-0.39, 0.29) is 6.10 Å². The molecule has 70 valence electrons. The molecule has 3 nitrogen and oxygen atoms in total. The SMILES string of the molecule is C=CCN(C)CC1CC(O)CN1. The zero-order chi connectivity index (χ0) is 8.97. The van der Waals surface area contributed by atoms with Crippen LogP contribution >= 0.6 is 0 Å². The van der Waals surface area contributed by atoms with E-state index in [0.717, 1.165) is 26.1 Å². The van der Waals surface area contributed by atoms with Gasteiger partial charge in [-0.3, -0.25) is 0 Å². The van der Waals surface area contributed by atoms with Crippen molar-refractivity contribution in [1.29, 1.82) is 0 Å². The van der Waals surface area contributed by atoms with Crippen molar-refractivity contribution in [2.45, 2.75) is 18.6 Å². The lowest BCUT2D eigenvalue weighted by atomic mass is 10.2. The first kappa shape index (κ1) is 9.71. The van der Waals surface area contributed by atoms with E-state index in [0.29, 0.717) is 6.04 Å². The quantitative estimate of drug-likeness (QED) is 0.575. The third kappa shape index (κ3) is 2.93. The Hall–Kier alpha value is -0.380. The largest absolute Gasteiger partial charge is 0.392 e. The Morgan fingerprint density at radius 1 is 1.75 bits per heavy atom. The summed E-state index contributed by atoms with van der Waals surface area (Å²) in [5.74, 6) is 0. The fourth-order valence-electron chi connectivity index (χ4n) is 1.61. The average Bonchev–Trinajstić information content (AvgIpc) is 2.36. The van der Waals surface area contributed by atoms with Gasteiger partial charge in [0.15, 0.2) is 0 Å². The first-order valence-electron chi connectivity index (χ1n) is 4.43. The molecule has 1 fully saturated rings. The summed E-state index contributed by atoms with van der Waals surface area (Å²) >= 11 is 0. The van der Waals surface area contributed by atoms with Crippen LogP contribution in [-0.2, 0) is 0 Å². The number of nitrogens with zero attached hydrogens (tertiary/aromatic N) is 1. The first-order valence-corrected chi connectivity index (χ1v) is 4.43. The predicted molar refractivity (Wildman–Crippen MR) is 50.1 cm³/mol. The van der Waals surface area contributed by atoms with Gasteiger partial charge in [-0.15, -0.1) is 6.58 Å². The summed E-state index contributed by atoms with van der Waals surface area (Å²) in [6, 6.07) is 0.449. The summed E-state index contributed by atoms with van der Waals surface area (Å²) in [5, 5.41) is 12.5. The fourth-order valence-corrected chi connectivity index (χ4v) is 1.61. The molecule has 0 aliphatic carbocycles. The highest BCUT2D eigenvalue weighted by molar-refractivity contribution is 4.84. The van der Waals surface area contributed by atoms with E-state index in [2.05, 4.69) is 23.8 Å². The smallest absolute Gasteiger partial charge is 0.0680 e. The molecular formula is C9H18N2O. The van der Waals surface area contributed by atoms with Crippen LogP contribution in [0.2, 0.25) is 0 Å². The van der Waals surface area contributed by atoms with Gasteiger partial charge in [-0.25, -0.2) is 0 Å². The Morgan fingerprint density at radius 2 is 2.50 bits per heavy atom. The van der Waals surface area contributed by atoms with Crippen LogP contribution in [0.5, 0.6) is 0 Å². The lowest BCUT2D eigenvalue weighted by molar-refractivity contribution is 0.190. The summed E-state index contributed by atoms with van der Waals surface area (Å²) in [6.45, 7) is 6.32. The molecule has 2 atom stereocenters. The molecular weight excluding hydrogens is 152 g/mol. The van der Waals surface area contributed by atoms with E-state index < -0.39 is 0 Å². The van der Waals surface area contributed by atoms with Crippen LogP contribution in [0.15, 0.2) is 12.7 Å². The standard InChI is InChI=1S/C9H18N2O/c1-3-4-11(2)7-8-5-9(12)6-10-8/h3,8-10,12H,1,4-7H2,2H3. The molecule has 2 N–H and O–H groups in total. The molecule has 0 aromatic rings. The molecule has 1 rings (SSSR count). The Kier molecular flexibility index (Phi) is 3.72. The monoisotopic (exact) mass is 170 g/mol.